The summed E-state index contributed by atoms with van der Waals surface area (Å²) in [6, 6.07) is 0. The molecule has 10 heteroatoms. The van der Waals surface area contributed by atoms with Gasteiger partial charge in [-0.1, -0.05) is 20.8 Å². The SMILES string of the molecule is CC(C)(C)Cn1c(C2(P(=O)(O)O)CC=CO2)nc2c(N)ncnc21. The monoisotopic (exact) mass is 353 g/mol. The summed E-state index contributed by atoms with van der Waals surface area (Å²) in [4.78, 5) is 32.4. The van der Waals surface area contributed by atoms with Crippen LogP contribution in [0.5, 0.6) is 0 Å². The molecule has 0 spiro atoms. The number of anilines is 1. The Kier molecular flexibility index (Phi) is 3.71. The van der Waals surface area contributed by atoms with Crippen LogP contribution in [0.4, 0.5) is 5.82 Å². The van der Waals surface area contributed by atoms with Crippen LogP contribution in [0.1, 0.15) is 33.0 Å². The lowest BCUT2D eigenvalue weighted by molar-refractivity contribution is 0.0782. The molecule has 4 N–H and O–H groups in total. The molecule has 0 aromatic carbocycles. The molecular formula is C14H20N5O4P. The Hall–Kier alpha value is -1.96. The quantitative estimate of drug-likeness (QED) is 0.710. The van der Waals surface area contributed by atoms with E-state index >= 15 is 0 Å². The Bertz CT molecular complexity index is 856. The lowest BCUT2D eigenvalue weighted by Gasteiger charge is -2.30. The summed E-state index contributed by atoms with van der Waals surface area (Å²) in [5.41, 5.74) is 6.42. The second kappa shape index (κ2) is 5.27. The van der Waals surface area contributed by atoms with E-state index in [1.165, 1.54) is 12.6 Å². The van der Waals surface area contributed by atoms with Gasteiger partial charge in [-0.3, -0.25) is 4.57 Å². The first-order chi connectivity index (χ1) is 11.1. The van der Waals surface area contributed by atoms with Crippen molar-refractivity contribution in [2.75, 3.05) is 5.73 Å². The number of hydrogen-bond donors (Lipinski definition) is 3. The van der Waals surface area contributed by atoms with Gasteiger partial charge in [-0.15, -0.1) is 0 Å². The summed E-state index contributed by atoms with van der Waals surface area (Å²) < 4.78 is 19.3. The van der Waals surface area contributed by atoms with Gasteiger partial charge >= 0.3 is 7.60 Å². The summed E-state index contributed by atoms with van der Waals surface area (Å²) in [6.45, 7) is 6.45. The fraction of sp³-hybridized carbons (Fsp3) is 0.500. The van der Waals surface area contributed by atoms with Crippen LogP contribution in [0.15, 0.2) is 18.7 Å². The van der Waals surface area contributed by atoms with Crippen molar-refractivity contribution in [3.63, 3.8) is 0 Å². The van der Waals surface area contributed by atoms with Crippen molar-refractivity contribution >= 4 is 24.6 Å². The average molecular weight is 353 g/mol. The van der Waals surface area contributed by atoms with Gasteiger partial charge in [0.1, 0.15) is 6.33 Å². The van der Waals surface area contributed by atoms with Crippen LogP contribution in [0.25, 0.3) is 11.2 Å². The lowest BCUT2D eigenvalue weighted by Crippen LogP contribution is -2.31. The van der Waals surface area contributed by atoms with Gasteiger partial charge in [-0.25, -0.2) is 15.0 Å². The summed E-state index contributed by atoms with van der Waals surface area (Å²) >= 11 is 0. The highest BCUT2D eigenvalue weighted by Gasteiger charge is 2.55. The minimum atomic E-state index is -4.69. The van der Waals surface area contributed by atoms with E-state index in [9.17, 15) is 14.4 Å². The third-order valence-corrected chi connectivity index (χ3v) is 5.20. The number of fused-ring (bicyclic) bond motifs is 1. The molecule has 0 aliphatic carbocycles. The number of nitrogens with zero attached hydrogens (tertiary/aromatic N) is 4. The molecule has 1 atom stereocenters. The summed E-state index contributed by atoms with van der Waals surface area (Å²) in [7, 11) is -4.69. The van der Waals surface area contributed by atoms with Crippen LogP contribution in [0.3, 0.4) is 0 Å². The Morgan fingerprint density at radius 2 is 2.12 bits per heavy atom. The van der Waals surface area contributed by atoms with Gasteiger partial charge < -0.3 is 24.8 Å². The number of ether oxygens (including phenoxy) is 1. The fourth-order valence-corrected chi connectivity index (χ4v) is 3.73. The average Bonchev–Trinajstić information content (AvgIpc) is 3.03. The molecular weight excluding hydrogens is 333 g/mol. The third kappa shape index (κ3) is 2.58. The molecule has 0 radical (unpaired) electrons. The van der Waals surface area contributed by atoms with E-state index in [-0.39, 0.29) is 23.5 Å². The van der Waals surface area contributed by atoms with Crippen LogP contribution in [-0.2, 0) is 21.2 Å². The van der Waals surface area contributed by atoms with Gasteiger partial charge in [0.2, 0.25) is 0 Å². The van der Waals surface area contributed by atoms with E-state index in [0.29, 0.717) is 17.7 Å². The van der Waals surface area contributed by atoms with Crippen LogP contribution in [-0.4, -0.2) is 29.3 Å². The van der Waals surface area contributed by atoms with Crippen molar-refractivity contribution in [3.05, 3.63) is 24.5 Å². The molecule has 9 nitrogen and oxygen atoms in total. The highest BCUT2D eigenvalue weighted by molar-refractivity contribution is 7.52. The van der Waals surface area contributed by atoms with Gasteiger partial charge in [-0.2, -0.15) is 0 Å². The predicted octanol–water partition coefficient (Wildman–Crippen LogP) is 1.72. The topological polar surface area (TPSA) is 136 Å². The largest absolute Gasteiger partial charge is 0.474 e. The zero-order chi connectivity index (χ0) is 17.8. The van der Waals surface area contributed by atoms with E-state index in [4.69, 9.17) is 10.5 Å². The smallest absolute Gasteiger partial charge is 0.376 e. The Morgan fingerprint density at radius 3 is 2.67 bits per heavy atom. The molecule has 0 saturated heterocycles. The van der Waals surface area contributed by atoms with Crippen LogP contribution in [0.2, 0.25) is 0 Å². The Balaban J connectivity index is 2.33. The molecule has 130 valence electrons. The third-order valence-electron chi connectivity index (χ3n) is 3.77. The van der Waals surface area contributed by atoms with Crippen molar-refractivity contribution in [1.82, 2.24) is 19.5 Å². The first-order valence-corrected chi connectivity index (χ1v) is 9.02. The summed E-state index contributed by atoms with van der Waals surface area (Å²) in [5, 5.41) is -1.87. The highest BCUT2D eigenvalue weighted by atomic mass is 31.2. The maximum atomic E-state index is 12.2. The molecule has 2 aromatic heterocycles. The minimum absolute atomic E-state index is 0.0120. The first-order valence-electron chi connectivity index (χ1n) is 7.41. The van der Waals surface area contributed by atoms with Gasteiger partial charge in [0, 0.05) is 13.0 Å². The van der Waals surface area contributed by atoms with Crippen LogP contribution < -0.4 is 5.73 Å². The normalized spacial score (nSPS) is 21.4. The van der Waals surface area contributed by atoms with Crippen molar-refractivity contribution in [1.29, 1.82) is 0 Å². The van der Waals surface area contributed by atoms with E-state index in [2.05, 4.69) is 15.0 Å². The van der Waals surface area contributed by atoms with Gasteiger partial charge in [0.15, 0.2) is 22.8 Å². The number of nitrogens with two attached hydrogens (primary N) is 1. The van der Waals surface area contributed by atoms with E-state index in [1.807, 2.05) is 20.8 Å². The van der Waals surface area contributed by atoms with Crippen molar-refractivity contribution in [2.24, 2.45) is 5.41 Å². The zero-order valence-electron chi connectivity index (χ0n) is 13.7. The van der Waals surface area contributed by atoms with Gasteiger partial charge in [0.05, 0.1) is 6.26 Å². The summed E-state index contributed by atoms with van der Waals surface area (Å²) in [5.74, 6) is 0.263. The van der Waals surface area contributed by atoms with E-state index in [1.54, 1.807) is 10.6 Å². The van der Waals surface area contributed by atoms with E-state index < -0.39 is 12.9 Å². The number of hydrogen-bond acceptors (Lipinski definition) is 6. The van der Waals surface area contributed by atoms with Gasteiger partial charge in [-0.05, 0) is 11.5 Å². The first kappa shape index (κ1) is 16.9. The lowest BCUT2D eigenvalue weighted by atomic mass is 9.96. The molecule has 0 bridgehead atoms. The second-order valence-corrected chi connectivity index (χ2v) is 8.85. The molecule has 0 amide bonds. The summed E-state index contributed by atoms with van der Waals surface area (Å²) in [6.07, 6.45) is 4.17. The molecule has 0 saturated carbocycles. The Morgan fingerprint density at radius 1 is 1.42 bits per heavy atom. The Labute approximate surface area is 138 Å². The maximum Gasteiger partial charge on any atom is 0.376 e. The predicted molar refractivity (Wildman–Crippen MR) is 87.8 cm³/mol. The number of rotatable bonds is 3. The minimum Gasteiger partial charge on any atom is -0.474 e. The van der Waals surface area contributed by atoms with Crippen molar-refractivity contribution in [2.45, 2.75) is 39.1 Å². The molecule has 1 unspecified atom stereocenters. The van der Waals surface area contributed by atoms with Crippen molar-refractivity contribution in [3.8, 4) is 0 Å². The zero-order valence-corrected chi connectivity index (χ0v) is 14.6. The molecule has 3 rings (SSSR count). The fourth-order valence-electron chi connectivity index (χ4n) is 2.75. The highest BCUT2D eigenvalue weighted by Crippen LogP contribution is 2.61. The van der Waals surface area contributed by atoms with Crippen molar-refractivity contribution < 1.29 is 19.1 Å². The molecule has 1 aliphatic heterocycles. The molecule has 0 fully saturated rings. The molecule has 1 aliphatic rings. The standard InChI is InChI=1S/C14H20N5O4P/c1-13(2,3)7-19-11-9(10(15)16-8-17-11)18-12(19)14(24(20,21)22)5-4-6-23-14/h4,6,8H,5,7H2,1-3H3,(H2,15,16,17)(H2,20,21,22). The number of aromatic nitrogens is 4. The number of nitrogen functional groups attached to an aromatic ring is 1. The van der Waals surface area contributed by atoms with Crippen LogP contribution >= 0.6 is 7.60 Å². The molecule has 24 heavy (non-hydrogen) atoms. The maximum absolute atomic E-state index is 12.2. The van der Waals surface area contributed by atoms with Crippen LogP contribution in [0, 0.1) is 5.41 Å². The van der Waals surface area contributed by atoms with E-state index in [0.717, 1.165) is 0 Å². The molecule has 3 heterocycles. The second-order valence-electron chi connectivity index (χ2n) is 7.04. The molecule has 2 aromatic rings. The van der Waals surface area contributed by atoms with Gasteiger partial charge in [0.25, 0.3) is 5.34 Å². The number of imidazole rings is 1.